The quantitative estimate of drug-likeness (QED) is 0.526. The lowest BCUT2D eigenvalue weighted by molar-refractivity contribution is -0.142. The first-order valence-electron chi connectivity index (χ1n) is 2.70. The molecule has 51 valence electrons. The van der Waals surface area contributed by atoms with Crippen molar-refractivity contribution in [2.24, 2.45) is 0 Å². The Balaban J connectivity index is 3.28. The Morgan fingerprint density at radius 1 is 1.56 bits per heavy atom. The van der Waals surface area contributed by atoms with Gasteiger partial charge in [0.25, 0.3) is 0 Å². The number of esters is 1. The summed E-state index contributed by atoms with van der Waals surface area (Å²) >= 11 is 0. The maximum absolute atomic E-state index is 10.3. The lowest BCUT2D eigenvalue weighted by Crippen LogP contribution is -2.03. The highest BCUT2D eigenvalue weighted by molar-refractivity contribution is 5.85. The van der Waals surface area contributed by atoms with E-state index in [-0.39, 0.29) is 11.8 Å². The number of hydrogen-bond acceptors (Lipinski definition) is 3. The highest BCUT2D eigenvalue weighted by atomic mass is 16.5. The summed E-state index contributed by atoms with van der Waals surface area (Å²) in [6, 6.07) is 0. The number of ketones is 1. The molecule has 0 atom stereocenters. The molecule has 0 bridgehead atoms. The minimum Gasteiger partial charge on any atom is -0.450 e. The molecule has 0 aromatic rings. The zero-order chi connectivity index (χ0) is 7.28. The molecule has 0 aliphatic rings. The molecule has 0 aromatic carbocycles. The molecule has 0 aromatic heterocycles. The van der Waals surface area contributed by atoms with E-state index < -0.39 is 0 Å². The fraction of sp³-hybridized carbons (Fsp3) is 0.500. The zero-order valence-electron chi connectivity index (χ0n) is 5.51. The lowest BCUT2D eigenvalue weighted by atomic mass is 10.5. The van der Waals surface area contributed by atoms with Gasteiger partial charge < -0.3 is 4.74 Å². The molecule has 0 spiro atoms. The molecule has 0 aliphatic heterocycles. The van der Waals surface area contributed by atoms with Gasteiger partial charge in [-0.2, -0.15) is 0 Å². The summed E-state index contributed by atoms with van der Waals surface area (Å²) in [7, 11) is 0. The minimum absolute atomic E-state index is 0.253. The van der Waals surface area contributed by atoms with Gasteiger partial charge in [0.2, 0.25) is 6.61 Å². The van der Waals surface area contributed by atoms with E-state index in [4.69, 9.17) is 0 Å². The first-order chi connectivity index (χ1) is 4.16. The van der Waals surface area contributed by atoms with E-state index in [0.29, 0.717) is 6.42 Å². The number of carbonyl (C=O) groups is 2. The maximum Gasteiger partial charge on any atom is 0.306 e. The Labute approximate surface area is 54.0 Å². The molecule has 0 aliphatic carbocycles. The fourth-order valence-corrected chi connectivity index (χ4v) is 0.232. The SMILES string of the molecule is CCC(=O)O[CH]C(C)=O. The number of hydrogen-bond donors (Lipinski definition) is 0. The van der Waals surface area contributed by atoms with Crippen LogP contribution >= 0.6 is 0 Å². The standard InChI is InChI=1S/C6H9O3/c1-3-6(8)9-4-5(2)7/h4H,3H2,1-2H3. The molecule has 0 unspecified atom stereocenters. The summed E-state index contributed by atoms with van der Waals surface area (Å²) in [5, 5.41) is 0. The van der Waals surface area contributed by atoms with Crippen molar-refractivity contribution in [3.8, 4) is 0 Å². The third-order valence-electron chi connectivity index (χ3n) is 0.645. The van der Waals surface area contributed by atoms with Gasteiger partial charge in [-0.15, -0.1) is 0 Å². The molecule has 0 saturated carbocycles. The van der Waals surface area contributed by atoms with Crippen LogP contribution in [0, 0.1) is 6.61 Å². The minimum atomic E-state index is -0.384. The summed E-state index contributed by atoms with van der Waals surface area (Å²) in [5.41, 5.74) is 0. The molecule has 0 amide bonds. The van der Waals surface area contributed by atoms with Gasteiger partial charge in [-0.3, -0.25) is 9.59 Å². The second-order valence-corrected chi connectivity index (χ2v) is 1.57. The lowest BCUT2D eigenvalue weighted by Gasteiger charge is -1.95. The van der Waals surface area contributed by atoms with Crippen LogP contribution in [-0.4, -0.2) is 11.8 Å². The van der Waals surface area contributed by atoms with Crippen molar-refractivity contribution < 1.29 is 14.3 Å². The maximum atomic E-state index is 10.3. The molecular weight excluding hydrogens is 120 g/mol. The van der Waals surface area contributed by atoms with Crippen molar-refractivity contribution in [2.75, 3.05) is 0 Å². The van der Waals surface area contributed by atoms with Gasteiger partial charge in [-0.25, -0.2) is 0 Å². The average molecular weight is 129 g/mol. The Kier molecular flexibility index (Phi) is 3.67. The molecule has 0 saturated heterocycles. The predicted octanol–water partition coefficient (Wildman–Crippen LogP) is 0.690. The van der Waals surface area contributed by atoms with Crippen molar-refractivity contribution in [1.82, 2.24) is 0 Å². The molecule has 0 fully saturated rings. The van der Waals surface area contributed by atoms with Crippen molar-refractivity contribution >= 4 is 11.8 Å². The Bertz CT molecular complexity index is 117. The van der Waals surface area contributed by atoms with E-state index in [1.165, 1.54) is 6.92 Å². The predicted molar refractivity (Wildman–Crippen MR) is 31.4 cm³/mol. The second-order valence-electron chi connectivity index (χ2n) is 1.57. The van der Waals surface area contributed by atoms with Crippen molar-refractivity contribution in [2.45, 2.75) is 20.3 Å². The van der Waals surface area contributed by atoms with Gasteiger partial charge in [-0.05, 0) is 6.92 Å². The van der Waals surface area contributed by atoms with Crippen LogP contribution in [0.2, 0.25) is 0 Å². The van der Waals surface area contributed by atoms with Gasteiger partial charge >= 0.3 is 5.97 Å². The number of rotatable bonds is 3. The Morgan fingerprint density at radius 2 is 2.11 bits per heavy atom. The molecular formula is C6H9O3. The molecule has 0 heterocycles. The molecule has 3 nitrogen and oxygen atoms in total. The number of ether oxygens (including phenoxy) is 1. The third-order valence-corrected chi connectivity index (χ3v) is 0.645. The highest BCUT2D eigenvalue weighted by Crippen LogP contribution is 1.88. The van der Waals surface area contributed by atoms with Gasteiger partial charge in [0, 0.05) is 6.42 Å². The molecule has 3 heteroatoms. The third kappa shape index (κ3) is 5.00. The van der Waals surface area contributed by atoms with Crippen LogP contribution in [0.1, 0.15) is 20.3 Å². The first kappa shape index (κ1) is 8.14. The number of carbonyl (C=O) groups excluding carboxylic acids is 2. The normalized spacial score (nSPS) is 8.67. The van der Waals surface area contributed by atoms with Crippen LogP contribution in [0.4, 0.5) is 0 Å². The van der Waals surface area contributed by atoms with Crippen LogP contribution in [0.15, 0.2) is 0 Å². The van der Waals surface area contributed by atoms with Crippen LogP contribution in [0.5, 0.6) is 0 Å². The summed E-state index contributed by atoms with van der Waals surface area (Å²) in [4.78, 5) is 20.4. The van der Waals surface area contributed by atoms with E-state index in [0.717, 1.165) is 6.61 Å². The van der Waals surface area contributed by atoms with E-state index in [2.05, 4.69) is 4.74 Å². The summed E-state index contributed by atoms with van der Waals surface area (Å²) in [6.45, 7) is 3.89. The fourth-order valence-electron chi connectivity index (χ4n) is 0.232. The summed E-state index contributed by atoms with van der Waals surface area (Å²) in [6.07, 6.45) is 0.295. The van der Waals surface area contributed by atoms with E-state index in [1.807, 2.05) is 0 Å². The summed E-state index contributed by atoms with van der Waals surface area (Å²) in [5.74, 6) is -0.637. The molecule has 1 radical (unpaired) electrons. The van der Waals surface area contributed by atoms with Crippen molar-refractivity contribution in [1.29, 1.82) is 0 Å². The van der Waals surface area contributed by atoms with E-state index in [9.17, 15) is 9.59 Å². The topological polar surface area (TPSA) is 43.4 Å². The van der Waals surface area contributed by atoms with Crippen LogP contribution in [0.25, 0.3) is 0 Å². The van der Waals surface area contributed by atoms with E-state index >= 15 is 0 Å². The number of Topliss-reactive ketones (excluding diaryl/α,β-unsaturated/α-hetero) is 1. The van der Waals surface area contributed by atoms with Gasteiger partial charge in [-0.1, -0.05) is 6.92 Å². The van der Waals surface area contributed by atoms with Gasteiger partial charge in [0.05, 0.1) is 0 Å². The molecule has 0 N–H and O–H groups in total. The van der Waals surface area contributed by atoms with Gasteiger partial charge in [0.15, 0.2) is 5.78 Å². The van der Waals surface area contributed by atoms with Gasteiger partial charge in [0.1, 0.15) is 0 Å². The monoisotopic (exact) mass is 129 g/mol. The van der Waals surface area contributed by atoms with Crippen LogP contribution in [-0.2, 0) is 14.3 Å². The second kappa shape index (κ2) is 4.06. The molecule has 9 heavy (non-hydrogen) atoms. The average Bonchev–Trinajstić information content (AvgIpc) is 1.83. The first-order valence-corrected chi connectivity index (χ1v) is 2.70. The van der Waals surface area contributed by atoms with Crippen LogP contribution in [0.3, 0.4) is 0 Å². The Morgan fingerprint density at radius 3 is 2.44 bits per heavy atom. The van der Waals surface area contributed by atoms with Crippen LogP contribution < -0.4 is 0 Å². The molecule has 0 rings (SSSR count). The van der Waals surface area contributed by atoms with E-state index in [1.54, 1.807) is 6.92 Å². The van der Waals surface area contributed by atoms with Crippen molar-refractivity contribution in [3.05, 3.63) is 6.61 Å². The smallest absolute Gasteiger partial charge is 0.306 e. The van der Waals surface area contributed by atoms with Crippen molar-refractivity contribution in [3.63, 3.8) is 0 Å². The largest absolute Gasteiger partial charge is 0.450 e. The Hall–Kier alpha value is -0.860. The highest BCUT2D eigenvalue weighted by Gasteiger charge is 1.99. The summed E-state index contributed by atoms with van der Waals surface area (Å²) < 4.78 is 4.34. The zero-order valence-corrected chi connectivity index (χ0v) is 5.51.